The maximum absolute atomic E-state index is 12.3. The van der Waals surface area contributed by atoms with Gasteiger partial charge >= 0.3 is 0 Å². The zero-order valence-electron chi connectivity index (χ0n) is 12.4. The summed E-state index contributed by atoms with van der Waals surface area (Å²) in [6, 6.07) is 0.330. The second-order valence-corrected chi connectivity index (χ2v) is 6.12. The number of hydrogen-bond acceptors (Lipinski definition) is 6. The average molecular weight is 311 g/mol. The second-order valence-electron chi connectivity index (χ2n) is 5.18. The van der Waals surface area contributed by atoms with E-state index in [1.807, 2.05) is 4.90 Å². The molecular formula is C13H21N5O2S. The Morgan fingerprint density at radius 2 is 2.19 bits per heavy atom. The summed E-state index contributed by atoms with van der Waals surface area (Å²) in [4.78, 5) is 25.9. The fourth-order valence-corrected chi connectivity index (χ4v) is 3.27. The van der Waals surface area contributed by atoms with Gasteiger partial charge in [0, 0.05) is 12.6 Å². The van der Waals surface area contributed by atoms with Crippen molar-refractivity contribution in [3.05, 3.63) is 16.0 Å². The van der Waals surface area contributed by atoms with E-state index in [4.69, 9.17) is 5.84 Å². The topological polar surface area (TPSA) is 94.1 Å². The van der Waals surface area contributed by atoms with Crippen molar-refractivity contribution in [2.24, 2.45) is 0 Å². The summed E-state index contributed by atoms with van der Waals surface area (Å²) in [5, 5.41) is 7.89. The van der Waals surface area contributed by atoms with Crippen molar-refractivity contribution in [3.63, 3.8) is 0 Å². The summed E-state index contributed by atoms with van der Waals surface area (Å²) in [5.41, 5.74) is -0.139. The van der Waals surface area contributed by atoms with Gasteiger partial charge in [-0.15, -0.1) is 10.2 Å². The lowest BCUT2D eigenvalue weighted by molar-refractivity contribution is -0.132. The second kappa shape index (κ2) is 6.93. The van der Waals surface area contributed by atoms with E-state index >= 15 is 0 Å². The maximum Gasteiger partial charge on any atom is 0.294 e. The van der Waals surface area contributed by atoms with Crippen LogP contribution in [-0.2, 0) is 4.79 Å². The molecule has 0 unspecified atom stereocenters. The Morgan fingerprint density at radius 1 is 1.43 bits per heavy atom. The largest absolute Gasteiger partial charge is 0.339 e. The third-order valence-electron chi connectivity index (χ3n) is 3.76. The molecule has 8 heteroatoms. The highest BCUT2D eigenvalue weighted by molar-refractivity contribution is 7.99. The first-order chi connectivity index (χ1) is 10.0. The average Bonchev–Trinajstić information content (AvgIpc) is 2.51. The first-order valence-electron chi connectivity index (χ1n) is 7.18. The van der Waals surface area contributed by atoms with Gasteiger partial charge in [-0.05, 0) is 32.6 Å². The summed E-state index contributed by atoms with van der Waals surface area (Å²) in [6.45, 7) is 4.47. The predicted octanol–water partition coefficient (Wildman–Crippen LogP) is 0.544. The van der Waals surface area contributed by atoms with Crippen LogP contribution in [0.2, 0.25) is 0 Å². The molecule has 0 bridgehead atoms. The Balaban J connectivity index is 2.01. The van der Waals surface area contributed by atoms with Crippen molar-refractivity contribution >= 4 is 17.7 Å². The Bertz CT molecular complexity index is 574. The van der Waals surface area contributed by atoms with Gasteiger partial charge in [-0.2, -0.15) is 4.68 Å². The molecule has 0 aromatic carbocycles. The molecule has 1 aromatic heterocycles. The van der Waals surface area contributed by atoms with Crippen LogP contribution in [0.15, 0.2) is 9.95 Å². The van der Waals surface area contributed by atoms with Crippen molar-refractivity contribution in [1.29, 1.82) is 0 Å². The van der Waals surface area contributed by atoms with E-state index in [0.717, 1.165) is 42.2 Å². The molecule has 1 saturated heterocycles. The number of thioether (sulfide) groups is 1. The highest BCUT2D eigenvalue weighted by atomic mass is 32.2. The maximum atomic E-state index is 12.3. The summed E-state index contributed by atoms with van der Waals surface area (Å²) >= 11 is 1.16. The number of aromatic nitrogens is 3. The number of rotatable bonds is 4. The Kier molecular flexibility index (Phi) is 5.22. The quantitative estimate of drug-likeness (QED) is 0.644. The van der Waals surface area contributed by atoms with E-state index in [2.05, 4.69) is 17.1 Å². The van der Waals surface area contributed by atoms with Crippen LogP contribution in [0.1, 0.15) is 38.3 Å². The fraction of sp³-hybridized carbons (Fsp3) is 0.692. The molecule has 1 aromatic rings. The summed E-state index contributed by atoms with van der Waals surface area (Å²) in [7, 11) is 0. The molecule has 1 amide bonds. The highest BCUT2D eigenvalue weighted by Crippen LogP contribution is 2.21. The van der Waals surface area contributed by atoms with Crippen LogP contribution in [0.4, 0.5) is 0 Å². The number of amides is 1. The van der Waals surface area contributed by atoms with Crippen molar-refractivity contribution in [2.45, 2.75) is 50.7 Å². The summed E-state index contributed by atoms with van der Waals surface area (Å²) < 4.78 is 0.952. The van der Waals surface area contributed by atoms with Gasteiger partial charge in [0.15, 0.2) is 0 Å². The minimum atomic E-state index is -0.385. The number of piperidine rings is 1. The predicted molar refractivity (Wildman–Crippen MR) is 81.5 cm³/mol. The molecule has 7 nitrogen and oxygen atoms in total. The molecule has 0 spiro atoms. The normalized spacial score (nSPS) is 18.8. The number of nitrogens with two attached hydrogens (primary N) is 1. The molecule has 1 fully saturated rings. The summed E-state index contributed by atoms with van der Waals surface area (Å²) in [6.07, 6.45) is 4.28. The van der Waals surface area contributed by atoms with E-state index in [-0.39, 0.29) is 28.1 Å². The van der Waals surface area contributed by atoms with Crippen LogP contribution in [-0.4, -0.2) is 44.0 Å². The zero-order valence-corrected chi connectivity index (χ0v) is 13.2. The van der Waals surface area contributed by atoms with Gasteiger partial charge in [0.25, 0.3) is 5.56 Å². The van der Waals surface area contributed by atoms with Gasteiger partial charge in [0.05, 0.1) is 5.75 Å². The molecule has 1 atom stereocenters. The minimum Gasteiger partial charge on any atom is -0.339 e. The van der Waals surface area contributed by atoms with Crippen molar-refractivity contribution in [3.8, 4) is 0 Å². The lowest BCUT2D eigenvalue weighted by Crippen LogP contribution is -2.44. The smallest absolute Gasteiger partial charge is 0.294 e. The molecule has 0 radical (unpaired) electrons. The van der Waals surface area contributed by atoms with Crippen LogP contribution in [0.25, 0.3) is 0 Å². The van der Waals surface area contributed by atoms with Crippen LogP contribution < -0.4 is 11.4 Å². The Morgan fingerprint density at radius 3 is 2.90 bits per heavy atom. The molecule has 21 heavy (non-hydrogen) atoms. The molecule has 1 aliphatic rings. The minimum absolute atomic E-state index is 0.0707. The van der Waals surface area contributed by atoms with Crippen LogP contribution in [0.5, 0.6) is 0 Å². The standard InChI is InChI=1S/C13H21N5O2S/c1-3-10-6-4-5-7-17(10)11(19)8-21-13-16-15-9(2)12(20)18(13)14/h10H,3-8,14H2,1-2H3/t10-/m1/s1. The van der Waals surface area contributed by atoms with Crippen molar-refractivity contribution in [2.75, 3.05) is 18.1 Å². The number of carbonyl (C=O) groups is 1. The SMILES string of the molecule is CC[C@@H]1CCCCN1C(=O)CSc1nnc(C)c(=O)n1N. The molecule has 2 N–H and O–H groups in total. The third-order valence-corrected chi connectivity index (χ3v) is 4.69. The van der Waals surface area contributed by atoms with E-state index in [1.54, 1.807) is 6.92 Å². The number of likely N-dealkylation sites (tertiary alicyclic amines) is 1. The fourth-order valence-electron chi connectivity index (χ4n) is 2.53. The molecule has 2 heterocycles. The number of nitrogen functional groups attached to an aromatic ring is 1. The number of nitrogens with zero attached hydrogens (tertiary/aromatic N) is 4. The first-order valence-corrected chi connectivity index (χ1v) is 8.16. The number of carbonyl (C=O) groups excluding carboxylic acids is 1. The molecular weight excluding hydrogens is 290 g/mol. The third kappa shape index (κ3) is 3.55. The molecule has 1 aliphatic heterocycles. The van der Waals surface area contributed by atoms with Crippen LogP contribution >= 0.6 is 11.8 Å². The van der Waals surface area contributed by atoms with Crippen molar-refractivity contribution < 1.29 is 4.79 Å². The van der Waals surface area contributed by atoms with Gasteiger partial charge in [-0.25, -0.2) is 0 Å². The molecule has 2 rings (SSSR count). The Labute approximate surface area is 127 Å². The van der Waals surface area contributed by atoms with Gasteiger partial charge < -0.3 is 10.7 Å². The van der Waals surface area contributed by atoms with Crippen LogP contribution in [0, 0.1) is 6.92 Å². The van der Waals surface area contributed by atoms with Crippen molar-refractivity contribution in [1.82, 2.24) is 19.8 Å². The van der Waals surface area contributed by atoms with E-state index < -0.39 is 0 Å². The van der Waals surface area contributed by atoms with E-state index in [9.17, 15) is 9.59 Å². The Hall–Kier alpha value is -1.57. The lowest BCUT2D eigenvalue weighted by Gasteiger charge is -2.35. The number of hydrogen-bond donors (Lipinski definition) is 1. The summed E-state index contributed by atoms with van der Waals surface area (Å²) in [5.74, 6) is 5.96. The molecule has 0 aliphatic carbocycles. The van der Waals surface area contributed by atoms with Gasteiger partial charge in [-0.3, -0.25) is 9.59 Å². The first kappa shape index (κ1) is 15.8. The van der Waals surface area contributed by atoms with Gasteiger partial charge in [0.1, 0.15) is 5.69 Å². The monoisotopic (exact) mass is 311 g/mol. The van der Waals surface area contributed by atoms with E-state index in [0.29, 0.717) is 6.04 Å². The molecule has 0 saturated carbocycles. The van der Waals surface area contributed by atoms with Gasteiger partial charge in [0.2, 0.25) is 11.1 Å². The lowest BCUT2D eigenvalue weighted by atomic mass is 10.0. The number of aryl methyl sites for hydroxylation is 1. The van der Waals surface area contributed by atoms with Gasteiger partial charge in [-0.1, -0.05) is 18.7 Å². The highest BCUT2D eigenvalue weighted by Gasteiger charge is 2.25. The van der Waals surface area contributed by atoms with Crippen LogP contribution in [0.3, 0.4) is 0 Å². The molecule has 116 valence electrons. The zero-order chi connectivity index (χ0) is 15.4. The van der Waals surface area contributed by atoms with E-state index in [1.165, 1.54) is 6.42 Å².